The van der Waals surface area contributed by atoms with Gasteiger partial charge in [0.15, 0.2) is 0 Å². The van der Waals surface area contributed by atoms with E-state index < -0.39 is 0 Å². The molecule has 0 aliphatic heterocycles. The van der Waals surface area contributed by atoms with Gasteiger partial charge in [0.1, 0.15) is 0 Å². The van der Waals surface area contributed by atoms with Gasteiger partial charge in [-0.1, -0.05) is 191 Å². The van der Waals surface area contributed by atoms with Crippen LogP contribution in [0.4, 0.5) is 0 Å². The Hall–Kier alpha value is -7.61. The summed E-state index contributed by atoms with van der Waals surface area (Å²) in [7, 11) is 0. The zero-order valence-corrected chi connectivity index (χ0v) is 36.5. The Kier molecular flexibility index (Phi) is 7.77. The second kappa shape index (κ2) is 13.4. The summed E-state index contributed by atoms with van der Waals surface area (Å²) >= 11 is 0. The number of pyridine rings is 1. The SMILES string of the molecule is CC1(C)c2ccccc2-c2ccc(-c3c4ccc(-c5c6ccccc6c(-c6ccccc6)c6ccccc56)cc4c(-c4ccc5c(c4)C(C)(C)c4ccccc4-5)c4ccncc34)cc21. The number of benzene rings is 10. The maximum absolute atomic E-state index is 4.85. The maximum Gasteiger partial charge on any atom is 0.0353 e. The van der Waals surface area contributed by atoms with Crippen LogP contribution in [0.3, 0.4) is 0 Å². The van der Waals surface area contributed by atoms with Gasteiger partial charge in [-0.25, -0.2) is 0 Å². The Labute approximate surface area is 374 Å². The summed E-state index contributed by atoms with van der Waals surface area (Å²) in [6.07, 6.45) is 4.08. The van der Waals surface area contributed by atoms with Crippen LogP contribution in [-0.4, -0.2) is 4.98 Å². The van der Waals surface area contributed by atoms with Crippen molar-refractivity contribution < 1.29 is 0 Å². The van der Waals surface area contributed by atoms with E-state index in [0.717, 1.165) is 5.39 Å². The van der Waals surface area contributed by atoms with Crippen molar-refractivity contribution in [3.05, 3.63) is 223 Å². The van der Waals surface area contributed by atoms with Gasteiger partial charge in [0.05, 0.1) is 0 Å². The fraction of sp³-hybridized carbons (Fsp3) is 0.0952. The van der Waals surface area contributed by atoms with Crippen LogP contribution in [0.15, 0.2) is 200 Å². The highest BCUT2D eigenvalue weighted by molar-refractivity contribution is 6.25. The molecule has 0 fully saturated rings. The lowest BCUT2D eigenvalue weighted by molar-refractivity contribution is 0.660. The maximum atomic E-state index is 4.85. The quantitative estimate of drug-likeness (QED) is 0.161. The summed E-state index contributed by atoms with van der Waals surface area (Å²) in [5.74, 6) is 0. The van der Waals surface area contributed by atoms with Gasteiger partial charge in [0.25, 0.3) is 0 Å². The van der Waals surface area contributed by atoms with E-state index in [1.54, 1.807) is 0 Å². The van der Waals surface area contributed by atoms with Crippen molar-refractivity contribution in [1.82, 2.24) is 4.98 Å². The summed E-state index contributed by atoms with van der Waals surface area (Å²) in [5.41, 5.74) is 20.5. The van der Waals surface area contributed by atoms with Crippen LogP contribution >= 0.6 is 0 Å². The minimum Gasteiger partial charge on any atom is -0.264 e. The van der Waals surface area contributed by atoms with Crippen LogP contribution in [-0.2, 0) is 10.8 Å². The molecule has 1 aromatic heterocycles. The van der Waals surface area contributed by atoms with Crippen LogP contribution in [0.2, 0.25) is 0 Å². The largest absolute Gasteiger partial charge is 0.264 e. The lowest BCUT2D eigenvalue weighted by Gasteiger charge is -2.24. The molecule has 10 aromatic carbocycles. The fourth-order valence-electron chi connectivity index (χ4n) is 11.9. The lowest BCUT2D eigenvalue weighted by Crippen LogP contribution is -2.15. The van der Waals surface area contributed by atoms with Gasteiger partial charge in [-0.05, 0) is 151 Å². The normalized spacial score (nSPS) is 14.2. The van der Waals surface area contributed by atoms with Gasteiger partial charge in [-0.15, -0.1) is 0 Å². The molecular formula is C63H45N. The summed E-state index contributed by atoms with van der Waals surface area (Å²) in [6.45, 7) is 9.51. The van der Waals surface area contributed by atoms with E-state index in [2.05, 4.69) is 222 Å². The molecule has 0 saturated heterocycles. The summed E-state index contributed by atoms with van der Waals surface area (Å²) in [4.78, 5) is 4.85. The molecule has 13 rings (SSSR count). The molecule has 11 aromatic rings. The number of rotatable bonds is 4. The molecule has 2 aliphatic rings. The second-order valence-corrected chi connectivity index (χ2v) is 19.0. The van der Waals surface area contributed by atoms with Crippen LogP contribution in [0.25, 0.3) is 110 Å². The van der Waals surface area contributed by atoms with Crippen molar-refractivity contribution in [3.63, 3.8) is 0 Å². The van der Waals surface area contributed by atoms with Crippen molar-refractivity contribution >= 4 is 43.1 Å². The third kappa shape index (κ3) is 5.10. The third-order valence-electron chi connectivity index (χ3n) is 14.9. The van der Waals surface area contributed by atoms with Crippen molar-refractivity contribution in [2.75, 3.05) is 0 Å². The minimum atomic E-state index is -0.132. The first-order valence-corrected chi connectivity index (χ1v) is 22.6. The van der Waals surface area contributed by atoms with Gasteiger partial charge in [0.2, 0.25) is 0 Å². The monoisotopic (exact) mass is 815 g/mol. The van der Waals surface area contributed by atoms with Crippen LogP contribution in [0, 0.1) is 0 Å². The predicted molar refractivity (Wildman–Crippen MR) is 271 cm³/mol. The first kappa shape index (κ1) is 37.0. The van der Waals surface area contributed by atoms with Crippen LogP contribution in [0.5, 0.6) is 0 Å². The van der Waals surface area contributed by atoms with Gasteiger partial charge in [-0.2, -0.15) is 0 Å². The lowest BCUT2D eigenvalue weighted by atomic mass is 9.79. The molecule has 0 atom stereocenters. The molecule has 302 valence electrons. The van der Waals surface area contributed by atoms with Crippen molar-refractivity contribution in [1.29, 1.82) is 0 Å². The molecule has 0 unspecified atom stereocenters. The summed E-state index contributed by atoms with van der Waals surface area (Å²) in [6, 6.07) is 70.7. The number of fused-ring (bicyclic) bond motifs is 10. The molecule has 2 aliphatic carbocycles. The molecule has 1 heterocycles. The van der Waals surface area contributed by atoms with E-state index in [1.165, 1.54) is 127 Å². The smallest absolute Gasteiger partial charge is 0.0353 e. The van der Waals surface area contributed by atoms with Crippen molar-refractivity contribution in [2.24, 2.45) is 0 Å². The molecular weight excluding hydrogens is 771 g/mol. The summed E-state index contributed by atoms with van der Waals surface area (Å²) in [5, 5.41) is 9.86. The van der Waals surface area contributed by atoms with Crippen LogP contribution < -0.4 is 0 Å². The van der Waals surface area contributed by atoms with Gasteiger partial charge in [0, 0.05) is 28.6 Å². The number of hydrogen-bond acceptors (Lipinski definition) is 1. The number of aromatic nitrogens is 1. The first-order valence-electron chi connectivity index (χ1n) is 22.6. The second-order valence-electron chi connectivity index (χ2n) is 19.0. The molecule has 64 heavy (non-hydrogen) atoms. The number of hydrogen-bond donors (Lipinski definition) is 0. The molecule has 1 nitrogen and oxygen atoms in total. The average Bonchev–Trinajstić information content (AvgIpc) is 3.71. The topological polar surface area (TPSA) is 12.9 Å². The van der Waals surface area contributed by atoms with Crippen molar-refractivity contribution in [2.45, 2.75) is 38.5 Å². The summed E-state index contributed by atoms with van der Waals surface area (Å²) < 4.78 is 0. The third-order valence-corrected chi connectivity index (χ3v) is 14.9. The molecule has 0 radical (unpaired) electrons. The Morgan fingerprint density at radius 1 is 0.281 bits per heavy atom. The highest BCUT2D eigenvalue weighted by atomic mass is 14.6. The Bertz CT molecular complexity index is 3720. The molecule has 0 spiro atoms. The minimum absolute atomic E-state index is 0.123. The van der Waals surface area contributed by atoms with E-state index in [9.17, 15) is 0 Å². The highest BCUT2D eigenvalue weighted by Gasteiger charge is 2.37. The fourth-order valence-corrected chi connectivity index (χ4v) is 11.9. The van der Waals surface area contributed by atoms with Gasteiger partial charge < -0.3 is 0 Å². The highest BCUT2D eigenvalue weighted by Crippen LogP contribution is 2.54. The first-order chi connectivity index (χ1) is 31.3. The predicted octanol–water partition coefficient (Wildman–Crippen LogP) is 17.0. The van der Waals surface area contributed by atoms with Crippen LogP contribution in [0.1, 0.15) is 49.9 Å². The molecule has 0 N–H and O–H groups in total. The zero-order valence-electron chi connectivity index (χ0n) is 36.5. The van der Waals surface area contributed by atoms with E-state index in [-0.39, 0.29) is 10.8 Å². The average molecular weight is 816 g/mol. The Morgan fingerprint density at radius 2 is 0.672 bits per heavy atom. The van der Waals surface area contributed by atoms with Gasteiger partial charge >= 0.3 is 0 Å². The molecule has 0 saturated carbocycles. The van der Waals surface area contributed by atoms with E-state index >= 15 is 0 Å². The molecule has 0 amide bonds. The zero-order chi connectivity index (χ0) is 42.9. The Balaban J connectivity index is 1.13. The van der Waals surface area contributed by atoms with E-state index in [0.29, 0.717) is 0 Å². The number of nitrogens with zero attached hydrogens (tertiary/aromatic N) is 1. The Morgan fingerprint density at radius 3 is 1.23 bits per heavy atom. The molecule has 1 heteroatoms. The standard InChI is InChI=1S/C63H45N/c1-62(2)54-24-14-12-18-42(54)44-29-26-40(35-56(44)62)60-51-32-33-64-37-53(51)61(41-27-30-45-43-19-13-15-25-55(43)63(3,4)57(45)36-41)50-31-28-39(34-52(50)60)59-48-22-10-8-20-46(48)58(38-16-6-5-7-17-38)47-21-9-11-23-49(47)59/h5-37H,1-4H3. The van der Waals surface area contributed by atoms with Gasteiger partial charge in [-0.3, -0.25) is 4.98 Å². The van der Waals surface area contributed by atoms with Crippen molar-refractivity contribution in [3.8, 4) is 66.8 Å². The van der Waals surface area contributed by atoms with E-state index in [4.69, 9.17) is 4.98 Å². The molecule has 0 bridgehead atoms. The van der Waals surface area contributed by atoms with E-state index in [1.807, 2.05) is 6.20 Å².